The molecule has 0 atom stereocenters. The van der Waals surface area contributed by atoms with Crippen molar-refractivity contribution in [2.75, 3.05) is 26.2 Å². The van der Waals surface area contributed by atoms with Gasteiger partial charge in [0, 0.05) is 26.2 Å². The highest BCUT2D eigenvalue weighted by molar-refractivity contribution is 6.33. The molecule has 4 rings (SSSR count). The lowest BCUT2D eigenvalue weighted by Crippen LogP contribution is -2.50. The van der Waals surface area contributed by atoms with Crippen LogP contribution in [0.2, 0.25) is 5.02 Å². The number of aromatic nitrogens is 2. The largest absolute Gasteiger partial charge is 0.335 e. The van der Waals surface area contributed by atoms with E-state index in [0.29, 0.717) is 38.2 Å². The van der Waals surface area contributed by atoms with Crippen LogP contribution >= 0.6 is 11.6 Å². The number of benzene rings is 2. The first-order valence-electron chi connectivity index (χ1n) is 10.6. The topological polar surface area (TPSA) is 58.4 Å². The maximum Gasteiger partial charge on any atom is 0.257 e. The quantitative estimate of drug-likeness (QED) is 0.595. The van der Waals surface area contributed by atoms with Gasteiger partial charge in [-0.3, -0.25) is 9.59 Å². The molecule has 0 aliphatic carbocycles. The van der Waals surface area contributed by atoms with E-state index in [-0.39, 0.29) is 22.4 Å². The van der Waals surface area contributed by atoms with Crippen LogP contribution in [0.1, 0.15) is 38.9 Å². The highest BCUT2D eigenvalue weighted by atomic mass is 35.5. The second kappa shape index (κ2) is 9.12. The Morgan fingerprint density at radius 3 is 2.12 bits per heavy atom. The minimum atomic E-state index is -0.486. The van der Waals surface area contributed by atoms with Gasteiger partial charge in [0.25, 0.3) is 11.8 Å². The van der Waals surface area contributed by atoms with Gasteiger partial charge in [-0.15, -0.1) is 0 Å². The number of halogens is 2. The molecule has 0 saturated carbocycles. The molecule has 0 bridgehead atoms. The van der Waals surface area contributed by atoms with Crippen LogP contribution in [-0.4, -0.2) is 57.6 Å². The highest BCUT2D eigenvalue weighted by Gasteiger charge is 2.28. The zero-order chi connectivity index (χ0) is 22.8. The van der Waals surface area contributed by atoms with Gasteiger partial charge in [-0.1, -0.05) is 36.2 Å². The monoisotopic (exact) mass is 454 g/mol. The van der Waals surface area contributed by atoms with Gasteiger partial charge in [0.15, 0.2) is 0 Å². The molecule has 6 nitrogen and oxygen atoms in total. The van der Waals surface area contributed by atoms with Gasteiger partial charge < -0.3 is 9.80 Å². The summed E-state index contributed by atoms with van der Waals surface area (Å²) < 4.78 is 15.1. The number of aryl methyl sites for hydroxylation is 1. The first kappa shape index (κ1) is 22.0. The van der Waals surface area contributed by atoms with Crippen molar-refractivity contribution in [2.45, 2.75) is 20.3 Å². The van der Waals surface area contributed by atoms with Crippen molar-refractivity contribution in [1.29, 1.82) is 0 Å². The van der Waals surface area contributed by atoms with Gasteiger partial charge in [-0.25, -0.2) is 9.07 Å². The van der Waals surface area contributed by atoms with Crippen LogP contribution in [0.4, 0.5) is 4.39 Å². The summed E-state index contributed by atoms with van der Waals surface area (Å²) in [5.41, 5.74) is 3.77. The smallest absolute Gasteiger partial charge is 0.257 e. The summed E-state index contributed by atoms with van der Waals surface area (Å²) in [6.07, 6.45) is 2.29. The average molecular weight is 455 g/mol. The molecule has 2 heterocycles. The molecule has 8 heteroatoms. The van der Waals surface area contributed by atoms with Crippen molar-refractivity contribution in [1.82, 2.24) is 19.6 Å². The lowest BCUT2D eigenvalue weighted by molar-refractivity contribution is 0.0535. The van der Waals surface area contributed by atoms with E-state index in [1.165, 1.54) is 12.1 Å². The van der Waals surface area contributed by atoms with Crippen LogP contribution in [0.15, 0.2) is 48.7 Å². The number of amides is 2. The minimum Gasteiger partial charge on any atom is -0.335 e. The molecule has 1 fully saturated rings. The Morgan fingerprint density at radius 1 is 0.969 bits per heavy atom. The minimum absolute atomic E-state index is 0.0876. The van der Waals surface area contributed by atoms with E-state index < -0.39 is 5.82 Å². The zero-order valence-corrected chi connectivity index (χ0v) is 18.8. The van der Waals surface area contributed by atoms with Crippen LogP contribution in [0.25, 0.3) is 5.69 Å². The first-order chi connectivity index (χ1) is 15.4. The first-order valence-corrected chi connectivity index (χ1v) is 10.9. The van der Waals surface area contributed by atoms with Crippen molar-refractivity contribution >= 4 is 23.4 Å². The summed E-state index contributed by atoms with van der Waals surface area (Å²) >= 11 is 6.04. The molecule has 1 aliphatic rings. The third kappa shape index (κ3) is 4.25. The fourth-order valence-corrected chi connectivity index (χ4v) is 4.17. The molecule has 1 aromatic heterocycles. The summed E-state index contributed by atoms with van der Waals surface area (Å²) in [6.45, 7) is 5.60. The third-order valence-electron chi connectivity index (χ3n) is 5.73. The molecular formula is C24H24ClFN4O2. The van der Waals surface area contributed by atoms with Gasteiger partial charge in [0.05, 0.1) is 33.7 Å². The highest BCUT2D eigenvalue weighted by Crippen LogP contribution is 2.22. The predicted molar refractivity (Wildman–Crippen MR) is 121 cm³/mol. The van der Waals surface area contributed by atoms with E-state index in [0.717, 1.165) is 23.0 Å². The number of piperazine rings is 1. The fraction of sp³-hybridized carbons (Fsp3) is 0.292. The normalized spacial score (nSPS) is 14.0. The van der Waals surface area contributed by atoms with Gasteiger partial charge in [-0.05, 0) is 43.7 Å². The summed E-state index contributed by atoms with van der Waals surface area (Å²) in [6, 6.07) is 11.7. The number of hydrogen-bond donors (Lipinski definition) is 0. The summed E-state index contributed by atoms with van der Waals surface area (Å²) in [5, 5.41) is 4.55. The SMILES string of the molecule is CCc1c(C(=O)N2CCN(C(=O)c3ccc(F)cc3Cl)CC2)cnn1-c1ccc(C)cc1. The number of carbonyl (C=O) groups excluding carboxylic acids is 2. The predicted octanol–water partition coefficient (Wildman–Crippen LogP) is 4.13. The summed E-state index contributed by atoms with van der Waals surface area (Å²) in [4.78, 5) is 29.4. The fourth-order valence-electron chi connectivity index (χ4n) is 3.92. The standard InChI is InChI=1S/C24H24ClFN4O2/c1-3-22-20(15-27-30(22)18-7-4-16(2)5-8-18)24(32)29-12-10-28(11-13-29)23(31)19-9-6-17(26)14-21(19)25/h4-9,14-15H,3,10-13H2,1-2H3. The molecule has 1 aliphatic heterocycles. The van der Waals surface area contributed by atoms with E-state index in [4.69, 9.17) is 11.6 Å². The molecule has 0 N–H and O–H groups in total. The van der Waals surface area contributed by atoms with E-state index in [1.54, 1.807) is 16.0 Å². The number of rotatable bonds is 4. The van der Waals surface area contributed by atoms with E-state index in [9.17, 15) is 14.0 Å². The lowest BCUT2D eigenvalue weighted by Gasteiger charge is -2.35. The van der Waals surface area contributed by atoms with Crippen LogP contribution in [0.3, 0.4) is 0 Å². The van der Waals surface area contributed by atoms with Crippen LogP contribution < -0.4 is 0 Å². The second-order valence-electron chi connectivity index (χ2n) is 7.81. The molecular weight excluding hydrogens is 431 g/mol. The third-order valence-corrected chi connectivity index (χ3v) is 6.04. The molecule has 2 aromatic carbocycles. The Kier molecular flexibility index (Phi) is 6.28. The van der Waals surface area contributed by atoms with Crippen LogP contribution in [0, 0.1) is 12.7 Å². The Hall–Kier alpha value is -3.19. The Bertz CT molecular complexity index is 1150. The Morgan fingerprint density at radius 2 is 1.56 bits per heavy atom. The van der Waals surface area contributed by atoms with Crippen molar-refractivity contribution < 1.29 is 14.0 Å². The number of nitrogens with zero attached hydrogens (tertiary/aromatic N) is 4. The average Bonchev–Trinajstić information content (AvgIpc) is 3.23. The van der Waals surface area contributed by atoms with Crippen molar-refractivity contribution in [3.63, 3.8) is 0 Å². The van der Waals surface area contributed by atoms with E-state index in [2.05, 4.69) is 5.10 Å². The van der Waals surface area contributed by atoms with Crippen molar-refractivity contribution in [3.8, 4) is 5.69 Å². The number of carbonyl (C=O) groups is 2. The molecule has 0 radical (unpaired) electrons. The van der Waals surface area contributed by atoms with Crippen LogP contribution in [0.5, 0.6) is 0 Å². The Balaban J connectivity index is 1.47. The number of hydrogen-bond acceptors (Lipinski definition) is 3. The zero-order valence-electron chi connectivity index (χ0n) is 18.0. The molecule has 166 valence electrons. The summed E-state index contributed by atoms with van der Waals surface area (Å²) in [5.74, 6) is -0.837. The van der Waals surface area contributed by atoms with Gasteiger partial charge in [-0.2, -0.15) is 5.10 Å². The molecule has 0 unspecified atom stereocenters. The van der Waals surface area contributed by atoms with Crippen LogP contribution in [-0.2, 0) is 6.42 Å². The van der Waals surface area contributed by atoms with Gasteiger partial charge in [0.2, 0.25) is 0 Å². The van der Waals surface area contributed by atoms with Crippen molar-refractivity contribution in [2.24, 2.45) is 0 Å². The van der Waals surface area contributed by atoms with Gasteiger partial charge in [0.1, 0.15) is 5.82 Å². The molecule has 2 amide bonds. The maximum atomic E-state index is 13.3. The Labute approximate surface area is 191 Å². The second-order valence-corrected chi connectivity index (χ2v) is 8.22. The van der Waals surface area contributed by atoms with Gasteiger partial charge >= 0.3 is 0 Å². The lowest BCUT2D eigenvalue weighted by atomic mass is 10.1. The molecule has 3 aromatic rings. The van der Waals surface area contributed by atoms with E-state index >= 15 is 0 Å². The van der Waals surface area contributed by atoms with E-state index in [1.807, 2.05) is 42.8 Å². The summed E-state index contributed by atoms with van der Waals surface area (Å²) in [7, 11) is 0. The molecule has 32 heavy (non-hydrogen) atoms. The van der Waals surface area contributed by atoms with Crippen molar-refractivity contribution in [3.05, 3.63) is 81.9 Å². The maximum absolute atomic E-state index is 13.3. The molecule has 0 spiro atoms. The molecule has 1 saturated heterocycles.